The molecule has 112 valence electrons. The van der Waals surface area contributed by atoms with Gasteiger partial charge in [0.05, 0.1) is 19.4 Å². The lowest BCUT2D eigenvalue weighted by atomic mass is 10.1. The molecule has 0 heterocycles. The van der Waals surface area contributed by atoms with Gasteiger partial charge in [-0.15, -0.1) is 0 Å². The maximum atomic E-state index is 9.79. The number of anilines is 1. The highest BCUT2D eigenvalue weighted by Gasteiger charge is 2.06. The summed E-state index contributed by atoms with van der Waals surface area (Å²) in [4.78, 5) is 0. The second-order valence-electron chi connectivity index (χ2n) is 4.79. The van der Waals surface area contributed by atoms with Gasteiger partial charge < -0.3 is 19.9 Å². The monoisotopic (exact) mass is 287 g/mol. The maximum absolute atomic E-state index is 9.79. The second kappa shape index (κ2) is 6.88. The number of rotatable bonds is 6. The van der Waals surface area contributed by atoms with Crippen LogP contribution in [0.1, 0.15) is 18.1 Å². The Balaban J connectivity index is 2.10. The third-order valence-corrected chi connectivity index (χ3v) is 3.16. The van der Waals surface area contributed by atoms with Crippen molar-refractivity contribution in [2.24, 2.45) is 0 Å². The van der Waals surface area contributed by atoms with E-state index in [-0.39, 0.29) is 5.75 Å². The van der Waals surface area contributed by atoms with Gasteiger partial charge in [-0.1, -0.05) is 12.1 Å². The number of phenols is 1. The third kappa shape index (κ3) is 3.81. The van der Waals surface area contributed by atoms with Gasteiger partial charge in [-0.2, -0.15) is 0 Å². The predicted molar refractivity (Wildman–Crippen MR) is 84.3 cm³/mol. The molecule has 0 amide bonds. The zero-order valence-electron chi connectivity index (χ0n) is 12.6. The van der Waals surface area contributed by atoms with E-state index >= 15 is 0 Å². The average molecular weight is 287 g/mol. The third-order valence-electron chi connectivity index (χ3n) is 3.16. The highest BCUT2D eigenvalue weighted by atomic mass is 16.5. The number of hydrogen-bond donors (Lipinski definition) is 2. The molecule has 0 fully saturated rings. The number of nitrogens with one attached hydrogen (secondary N) is 1. The molecule has 4 heteroatoms. The molecule has 0 atom stereocenters. The zero-order valence-corrected chi connectivity index (χ0v) is 12.6. The molecule has 0 radical (unpaired) electrons. The maximum Gasteiger partial charge on any atom is 0.160 e. The minimum atomic E-state index is 0.144. The molecule has 0 saturated carbocycles. The fraction of sp³-hybridized carbons (Fsp3) is 0.294. The van der Waals surface area contributed by atoms with Crippen LogP contribution in [0.15, 0.2) is 36.4 Å². The molecule has 2 aromatic rings. The summed E-state index contributed by atoms with van der Waals surface area (Å²) in [7, 11) is 1.54. The number of aryl methyl sites for hydroxylation is 1. The van der Waals surface area contributed by atoms with Crippen LogP contribution in [-0.4, -0.2) is 18.8 Å². The summed E-state index contributed by atoms with van der Waals surface area (Å²) in [5.41, 5.74) is 3.07. The van der Waals surface area contributed by atoms with Crippen molar-refractivity contribution >= 4 is 5.69 Å². The Labute approximate surface area is 125 Å². The van der Waals surface area contributed by atoms with Crippen LogP contribution in [0.5, 0.6) is 17.2 Å². The van der Waals surface area contributed by atoms with Crippen LogP contribution in [0, 0.1) is 6.92 Å². The van der Waals surface area contributed by atoms with Gasteiger partial charge in [0.2, 0.25) is 0 Å². The summed E-state index contributed by atoms with van der Waals surface area (Å²) < 4.78 is 10.7. The summed E-state index contributed by atoms with van der Waals surface area (Å²) in [6.07, 6.45) is 0. The van der Waals surface area contributed by atoms with Gasteiger partial charge in [-0.05, 0) is 49.2 Å². The van der Waals surface area contributed by atoms with E-state index in [9.17, 15) is 5.11 Å². The van der Waals surface area contributed by atoms with Crippen molar-refractivity contribution in [3.63, 3.8) is 0 Å². The highest BCUT2D eigenvalue weighted by Crippen LogP contribution is 2.29. The molecule has 0 aliphatic rings. The zero-order chi connectivity index (χ0) is 15.2. The minimum Gasteiger partial charge on any atom is -0.504 e. The molecule has 0 aliphatic carbocycles. The average Bonchev–Trinajstić information content (AvgIpc) is 2.47. The molecular formula is C17H21NO3. The number of ether oxygens (including phenoxy) is 2. The normalized spacial score (nSPS) is 10.2. The minimum absolute atomic E-state index is 0.144. The fourth-order valence-corrected chi connectivity index (χ4v) is 2.09. The van der Waals surface area contributed by atoms with Crippen molar-refractivity contribution in [3.05, 3.63) is 47.5 Å². The predicted octanol–water partition coefficient (Wildman–Crippen LogP) is 3.72. The van der Waals surface area contributed by atoms with Gasteiger partial charge in [-0.25, -0.2) is 0 Å². The summed E-state index contributed by atoms with van der Waals surface area (Å²) in [6, 6.07) is 11.4. The highest BCUT2D eigenvalue weighted by molar-refractivity contribution is 5.58. The Morgan fingerprint density at radius 3 is 2.57 bits per heavy atom. The van der Waals surface area contributed by atoms with Gasteiger partial charge in [0.1, 0.15) is 5.75 Å². The fourth-order valence-electron chi connectivity index (χ4n) is 2.09. The summed E-state index contributed by atoms with van der Waals surface area (Å²) >= 11 is 0. The van der Waals surface area contributed by atoms with Crippen molar-refractivity contribution in [2.45, 2.75) is 20.4 Å². The van der Waals surface area contributed by atoms with Gasteiger partial charge in [0, 0.05) is 6.54 Å². The molecule has 21 heavy (non-hydrogen) atoms. The van der Waals surface area contributed by atoms with E-state index in [1.165, 1.54) is 7.11 Å². The SMILES string of the molecule is CCOc1cc(C)ccc1NCc1ccc(OC)c(O)c1. The van der Waals surface area contributed by atoms with E-state index in [1.807, 2.05) is 38.1 Å². The van der Waals surface area contributed by atoms with Crippen LogP contribution in [-0.2, 0) is 6.54 Å². The van der Waals surface area contributed by atoms with Crippen molar-refractivity contribution in [2.75, 3.05) is 19.0 Å². The topological polar surface area (TPSA) is 50.7 Å². The number of phenolic OH excluding ortho intramolecular Hbond substituents is 1. The molecule has 0 bridgehead atoms. The van der Waals surface area contributed by atoms with Crippen molar-refractivity contribution in [3.8, 4) is 17.2 Å². The Morgan fingerprint density at radius 2 is 1.90 bits per heavy atom. The van der Waals surface area contributed by atoms with E-state index in [0.717, 1.165) is 22.6 Å². The van der Waals surface area contributed by atoms with Crippen LogP contribution in [0.25, 0.3) is 0 Å². The van der Waals surface area contributed by atoms with E-state index < -0.39 is 0 Å². The van der Waals surface area contributed by atoms with E-state index in [4.69, 9.17) is 9.47 Å². The Kier molecular flexibility index (Phi) is 4.93. The summed E-state index contributed by atoms with van der Waals surface area (Å²) in [5, 5.41) is 13.1. The quantitative estimate of drug-likeness (QED) is 0.850. The largest absolute Gasteiger partial charge is 0.504 e. The van der Waals surface area contributed by atoms with E-state index in [1.54, 1.807) is 12.1 Å². The molecule has 0 aromatic heterocycles. The van der Waals surface area contributed by atoms with Crippen molar-refractivity contribution in [1.29, 1.82) is 0 Å². The molecule has 2 rings (SSSR count). The summed E-state index contributed by atoms with van der Waals surface area (Å²) in [6.45, 7) is 5.23. The van der Waals surface area contributed by atoms with Crippen LogP contribution >= 0.6 is 0 Å². The van der Waals surface area contributed by atoms with Crippen LogP contribution in [0.3, 0.4) is 0 Å². The number of aromatic hydroxyl groups is 1. The summed E-state index contributed by atoms with van der Waals surface area (Å²) in [5.74, 6) is 1.46. The molecular weight excluding hydrogens is 266 g/mol. The van der Waals surface area contributed by atoms with Crippen molar-refractivity contribution < 1.29 is 14.6 Å². The molecule has 4 nitrogen and oxygen atoms in total. The first-order valence-electron chi connectivity index (χ1n) is 6.97. The molecule has 2 N–H and O–H groups in total. The number of benzene rings is 2. The standard InChI is InChI=1S/C17H21NO3/c1-4-21-17-9-12(2)5-7-14(17)18-11-13-6-8-16(20-3)15(19)10-13/h5-10,18-19H,4,11H2,1-3H3. The molecule has 0 spiro atoms. The van der Waals surface area contributed by atoms with Crippen LogP contribution in [0.2, 0.25) is 0 Å². The van der Waals surface area contributed by atoms with Gasteiger partial charge in [0.15, 0.2) is 11.5 Å². The molecule has 0 saturated heterocycles. The van der Waals surface area contributed by atoms with Crippen LogP contribution < -0.4 is 14.8 Å². The second-order valence-corrected chi connectivity index (χ2v) is 4.79. The van der Waals surface area contributed by atoms with Gasteiger partial charge >= 0.3 is 0 Å². The first-order chi connectivity index (χ1) is 10.1. The Morgan fingerprint density at radius 1 is 1.10 bits per heavy atom. The first kappa shape index (κ1) is 15.0. The molecule has 0 aliphatic heterocycles. The van der Waals surface area contributed by atoms with Gasteiger partial charge in [-0.3, -0.25) is 0 Å². The molecule has 2 aromatic carbocycles. The van der Waals surface area contributed by atoms with Crippen molar-refractivity contribution in [1.82, 2.24) is 0 Å². The Hall–Kier alpha value is -2.36. The Bertz CT molecular complexity index is 611. The van der Waals surface area contributed by atoms with E-state index in [0.29, 0.717) is 18.9 Å². The first-order valence-corrected chi connectivity index (χ1v) is 6.97. The van der Waals surface area contributed by atoms with E-state index in [2.05, 4.69) is 5.32 Å². The van der Waals surface area contributed by atoms with Gasteiger partial charge in [0.25, 0.3) is 0 Å². The number of methoxy groups -OCH3 is 1. The van der Waals surface area contributed by atoms with Crippen LogP contribution in [0.4, 0.5) is 5.69 Å². The lowest BCUT2D eigenvalue weighted by Crippen LogP contribution is -2.03. The molecule has 0 unspecified atom stereocenters. The smallest absolute Gasteiger partial charge is 0.160 e. The lowest BCUT2D eigenvalue weighted by molar-refractivity contribution is 0.341. The number of hydrogen-bond acceptors (Lipinski definition) is 4. The lowest BCUT2D eigenvalue weighted by Gasteiger charge is -2.13.